The Labute approximate surface area is 149 Å². The number of fused-ring (bicyclic) bond motifs is 3. The van der Waals surface area contributed by atoms with Crippen LogP contribution in [0, 0.1) is 0 Å². The summed E-state index contributed by atoms with van der Waals surface area (Å²) in [6, 6.07) is 11.4. The standard InChI is InChI=1S/C19H17N5O2/c1-24(2)12-5-3-11(4-6-12)21-18-13-7-8-20-10-14(13)17-15(23-18)9-16(22-17)19(25)26/h3-10,22H,1-2H3,(H,21,23)(H,25,26). The van der Waals surface area contributed by atoms with Crippen molar-refractivity contribution in [3.8, 4) is 0 Å². The Balaban J connectivity index is 1.84. The molecule has 0 saturated carbocycles. The Morgan fingerprint density at radius 2 is 1.92 bits per heavy atom. The van der Waals surface area contributed by atoms with Gasteiger partial charge in [-0.2, -0.15) is 0 Å². The minimum atomic E-state index is -1.02. The van der Waals surface area contributed by atoms with Crippen molar-refractivity contribution in [3.63, 3.8) is 0 Å². The molecule has 4 rings (SSSR count). The number of rotatable bonds is 4. The van der Waals surface area contributed by atoms with Crippen molar-refractivity contribution in [1.82, 2.24) is 15.0 Å². The van der Waals surface area contributed by atoms with Gasteiger partial charge in [-0.3, -0.25) is 4.98 Å². The molecule has 0 atom stereocenters. The molecule has 4 aromatic rings. The van der Waals surface area contributed by atoms with Crippen molar-refractivity contribution in [2.45, 2.75) is 0 Å². The summed E-state index contributed by atoms with van der Waals surface area (Å²) < 4.78 is 0. The third-order valence-electron chi connectivity index (χ3n) is 4.25. The summed E-state index contributed by atoms with van der Waals surface area (Å²) in [5.74, 6) is -0.364. The fraction of sp³-hybridized carbons (Fsp3) is 0.105. The number of H-pyrrole nitrogens is 1. The lowest BCUT2D eigenvalue weighted by Crippen LogP contribution is -2.08. The highest BCUT2D eigenvalue weighted by Gasteiger charge is 2.14. The van der Waals surface area contributed by atoms with Gasteiger partial charge in [-0.1, -0.05) is 0 Å². The zero-order valence-electron chi connectivity index (χ0n) is 14.3. The number of nitrogens with one attached hydrogen (secondary N) is 2. The Hall–Kier alpha value is -3.61. The number of aromatic nitrogens is 3. The first-order valence-electron chi connectivity index (χ1n) is 8.07. The van der Waals surface area contributed by atoms with E-state index in [2.05, 4.69) is 20.3 Å². The highest BCUT2D eigenvalue weighted by molar-refractivity contribution is 6.10. The topological polar surface area (TPSA) is 94.1 Å². The zero-order valence-corrected chi connectivity index (χ0v) is 14.3. The van der Waals surface area contributed by atoms with E-state index in [4.69, 9.17) is 0 Å². The molecule has 1 aromatic carbocycles. The Morgan fingerprint density at radius 1 is 1.15 bits per heavy atom. The third-order valence-corrected chi connectivity index (χ3v) is 4.25. The first kappa shape index (κ1) is 15.9. The first-order chi connectivity index (χ1) is 12.5. The summed E-state index contributed by atoms with van der Waals surface area (Å²) in [6.45, 7) is 0. The van der Waals surface area contributed by atoms with Gasteiger partial charge in [0.2, 0.25) is 0 Å². The quantitative estimate of drug-likeness (QED) is 0.522. The molecule has 7 nitrogen and oxygen atoms in total. The molecule has 0 radical (unpaired) electrons. The highest BCUT2D eigenvalue weighted by atomic mass is 16.4. The van der Waals surface area contributed by atoms with Gasteiger partial charge in [0.15, 0.2) is 0 Å². The van der Waals surface area contributed by atoms with Gasteiger partial charge in [0.25, 0.3) is 0 Å². The third kappa shape index (κ3) is 2.69. The lowest BCUT2D eigenvalue weighted by Gasteiger charge is -2.14. The molecule has 0 aliphatic carbocycles. The summed E-state index contributed by atoms with van der Waals surface area (Å²) in [5.41, 5.74) is 3.35. The van der Waals surface area contributed by atoms with Crippen LogP contribution in [0.15, 0.2) is 48.8 Å². The van der Waals surface area contributed by atoms with Gasteiger partial charge in [-0.05, 0) is 36.4 Å². The van der Waals surface area contributed by atoms with Crippen LogP contribution in [0.2, 0.25) is 0 Å². The molecule has 3 heterocycles. The van der Waals surface area contributed by atoms with Gasteiger partial charge >= 0.3 is 5.97 Å². The van der Waals surface area contributed by atoms with E-state index in [1.807, 2.05) is 49.3 Å². The van der Waals surface area contributed by atoms with Crippen LogP contribution in [0.3, 0.4) is 0 Å². The van der Waals surface area contributed by atoms with E-state index in [0.29, 0.717) is 16.9 Å². The summed E-state index contributed by atoms with van der Waals surface area (Å²) >= 11 is 0. The smallest absolute Gasteiger partial charge is 0.352 e. The zero-order chi connectivity index (χ0) is 18.3. The molecule has 0 saturated heterocycles. The van der Waals surface area contributed by atoms with Crippen LogP contribution in [-0.2, 0) is 0 Å². The van der Waals surface area contributed by atoms with Crippen LogP contribution in [-0.4, -0.2) is 40.1 Å². The maximum atomic E-state index is 11.3. The lowest BCUT2D eigenvalue weighted by atomic mass is 10.1. The van der Waals surface area contributed by atoms with Crippen LogP contribution in [0.5, 0.6) is 0 Å². The molecular formula is C19H17N5O2. The van der Waals surface area contributed by atoms with Crippen LogP contribution in [0.1, 0.15) is 10.5 Å². The average Bonchev–Trinajstić information content (AvgIpc) is 3.07. The molecule has 3 N–H and O–H groups in total. The SMILES string of the molecule is CN(C)c1ccc(Nc2nc3cc(C(=O)O)[nH]c3c3cnccc23)cc1. The molecule has 26 heavy (non-hydrogen) atoms. The second-order valence-corrected chi connectivity index (χ2v) is 6.20. The molecule has 0 amide bonds. The predicted molar refractivity (Wildman–Crippen MR) is 102 cm³/mol. The maximum absolute atomic E-state index is 11.3. The number of carboxylic acids is 1. The number of nitrogens with zero attached hydrogens (tertiary/aromatic N) is 3. The monoisotopic (exact) mass is 347 g/mol. The second kappa shape index (κ2) is 6.03. The molecule has 3 aromatic heterocycles. The van der Waals surface area contributed by atoms with E-state index in [-0.39, 0.29) is 5.69 Å². The van der Waals surface area contributed by atoms with E-state index in [0.717, 1.165) is 22.1 Å². The Morgan fingerprint density at radius 3 is 2.62 bits per heavy atom. The van der Waals surface area contributed by atoms with Gasteiger partial charge in [0.05, 0.1) is 11.0 Å². The van der Waals surface area contributed by atoms with Crippen LogP contribution < -0.4 is 10.2 Å². The van der Waals surface area contributed by atoms with E-state index in [1.54, 1.807) is 12.4 Å². The van der Waals surface area contributed by atoms with Crippen molar-refractivity contribution >= 4 is 45.0 Å². The molecule has 7 heteroatoms. The normalized spacial score (nSPS) is 11.0. The molecular weight excluding hydrogens is 330 g/mol. The minimum absolute atomic E-state index is 0.102. The van der Waals surface area contributed by atoms with Crippen molar-refractivity contribution in [2.75, 3.05) is 24.3 Å². The number of pyridine rings is 2. The van der Waals surface area contributed by atoms with E-state index in [1.165, 1.54) is 6.07 Å². The van der Waals surface area contributed by atoms with Gasteiger partial charge < -0.3 is 20.3 Å². The fourth-order valence-electron chi connectivity index (χ4n) is 2.91. The van der Waals surface area contributed by atoms with E-state index >= 15 is 0 Å². The fourth-order valence-corrected chi connectivity index (χ4v) is 2.91. The van der Waals surface area contributed by atoms with E-state index in [9.17, 15) is 9.90 Å². The van der Waals surface area contributed by atoms with Gasteiger partial charge in [0, 0.05) is 48.6 Å². The minimum Gasteiger partial charge on any atom is -0.477 e. The van der Waals surface area contributed by atoms with Crippen LogP contribution >= 0.6 is 0 Å². The van der Waals surface area contributed by atoms with Crippen molar-refractivity contribution in [2.24, 2.45) is 0 Å². The molecule has 0 aliphatic heterocycles. The average molecular weight is 347 g/mol. The number of hydrogen-bond donors (Lipinski definition) is 3. The Kier molecular flexibility index (Phi) is 3.69. The summed E-state index contributed by atoms with van der Waals surface area (Å²) in [6.07, 6.45) is 3.40. The highest BCUT2D eigenvalue weighted by Crippen LogP contribution is 2.31. The summed E-state index contributed by atoms with van der Waals surface area (Å²) in [5, 5.41) is 14.2. The number of anilines is 3. The van der Waals surface area contributed by atoms with Crippen molar-refractivity contribution in [3.05, 3.63) is 54.5 Å². The molecule has 130 valence electrons. The van der Waals surface area contributed by atoms with Crippen molar-refractivity contribution in [1.29, 1.82) is 0 Å². The first-order valence-corrected chi connectivity index (χ1v) is 8.07. The number of hydrogen-bond acceptors (Lipinski definition) is 5. The predicted octanol–water partition coefficient (Wildman–Crippen LogP) is 3.62. The van der Waals surface area contributed by atoms with Crippen molar-refractivity contribution < 1.29 is 9.90 Å². The molecule has 0 fully saturated rings. The van der Waals surface area contributed by atoms with E-state index < -0.39 is 5.97 Å². The number of benzene rings is 1. The number of carbonyl (C=O) groups is 1. The number of carboxylic acid groups (broad SMARTS) is 1. The van der Waals surface area contributed by atoms with Gasteiger partial charge in [-0.25, -0.2) is 9.78 Å². The van der Waals surface area contributed by atoms with Crippen LogP contribution in [0.25, 0.3) is 21.8 Å². The van der Waals surface area contributed by atoms with Gasteiger partial charge in [0.1, 0.15) is 11.5 Å². The molecule has 0 bridgehead atoms. The molecule has 0 spiro atoms. The lowest BCUT2D eigenvalue weighted by molar-refractivity contribution is 0.0691. The van der Waals surface area contributed by atoms with Crippen LogP contribution in [0.4, 0.5) is 17.2 Å². The number of aromatic carboxylic acids is 1. The second-order valence-electron chi connectivity index (χ2n) is 6.20. The Bertz CT molecular complexity index is 1120. The van der Waals surface area contributed by atoms with Gasteiger partial charge in [-0.15, -0.1) is 0 Å². The largest absolute Gasteiger partial charge is 0.477 e. The summed E-state index contributed by atoms with van der Waals surface area (Å²) in [7, 11) is 3.98. The molecule has 0 aliphatic rings. The summed E-state index contributed by atoms with van der Waals surface area (Å²) in [4.78, 5) is 25.0. The number of aromatic amines is 1. The molecule has 0 unspecified atom stereocenters. The maximum Gasteiger partial charge on any atom is 0.352 e.